The number of amides is 2. The second kappa shape index (κ2) is 6.58. The summed E-state index contributed by atoms with van der Waals surface area (Å²) in [4.78, 5) is 18.2. The molecule has 22 heavy (non-hydrogen) atoms. The normalized spacial score (nSPS) is 16.1. The highest BCUT2D eigenvalue weighted by Gasteiger charge is 2.30. The van der Waals surface area contributed by atoms with Crippen LogP contribution < -0.4 is 5.32 Å². The van der Waals surface area contributed by atoms with Gasteiger partial charge in [-0.05, 0) is 36.1 Å². The van der Waals surface area contributed by atoms with Gasteiger partial charge in [0, 0.05) is 24.6 Å². The van der Waals surface area contributed by atoms with Gasteiger partial charge in [0.15, 0.2) is 0 Å². The van der Waals surface area contributed by atoms with Crippen LogP contribution in [0.5, 0.6) is 0 Å². The van der Waals surface area contributed by atoms with E-state index in [2.05, 4.69) is 22.4 Å². The highest BCUT2D eigenvalue weighted by molar-refractivity contribution is 5.89. The highest BCUT2D eigenvalue weighted by Crippen LogP contribution is 2.35. The summed E-state index contributed by atoms with van der Waals surface area (Å²) in [6, 6.07) is 11.5. The number of fused-ring (bicyclic) bond motifs is 1. The van der Waals surface area contributed by atoms with Crippen molar-refractivity contribution >= 4 is 11.7 Å². The summed E-state index contributed by atoms with van der Waals surface area (Å²) in [5, 5.41) is 12.2. The summed E-state index contributed by atoms with van der Waals surface area (Å²) in [6.07, 6.45) is 5.13. The number of aliphatic hydroxyl groups excluding tert-OH is 1. The predicted molar refractivity (Wildman–Crippen MR) is 84.6 cm³/mol. The Bertz CT molecular complexity index is 645. The Hall–Kier alpha value is -2.40. The predicted octanol–water partition coefficient (Wildman–Crippen LogP) is 2.60. The molecule has 5 heteroatoms. The Morgan fingerprint density at radius 3 is 2.82 bits per heavy atom. The third kappa shape index (κ3) is 2.94. The number of urea groups is 1. The average molecular weight is 297 g/mol. The van der Waals surface area contributed by atoms with E-state index in [9.17, 15) is 9.90 Å². The first-order valence-electron chi connectivity index (χ1n) is 7.46. The van der Waals surface area contributed by atoms with Crippen molar-refractivity contribution in [3.05, 3.63) is 59.9 Å². The number of nitrogens with zero attached hydrogens (tertiary/aromatic N) is 2. The van der Waals surface area contributed by atoms with Crippen molar-refractivity contribution in [1.82, 2.24) is 9.88 Å². The summed E-state index contributed by atoms with van der Waals surface area (Å²) in [7, 11) is 0. The zero-order valence-electron chi connectivity index (χ0n) is 12.3. The molecule has 0 radical (unpaired) electrons. The zero-order chi connectivity index (χ0) is 15.4. The summed E-state index contributed by atoms with van der Waals surface area (Å²) in [5.41, 5.74) is 3.17. The molecule has 0 bridgehead atoms. The van der Waals surface area contributed by atoms with Crippen LogP contribution in [0.2, 0.25) is 0 Å². The van der Waals surface area contributed by atoms with Gasteiger partial charge >= 0.3 is 6.03 Å². The minimum Gasteiger partial charge on any atom is -0.395 e. The maximum Gasteiger partial charge on any atom is 0.322 e. The molecule has 1 aromatic carbocycles. The fourth-order valence-corrected chi connectivity index (χ4v) is 3.00. The molecule has 0 saturated heterocycles. The molecule has 1 aliphatic rings. The van der Waals surface area contributed by atoms with Gasteiger partial charge in [-0.1, -0.05) is 24.3 Å². The monoisotopic (exact) mass is 297 g/mol. The van der Waals surface area contributed by atoms with Gasteiger partial charge in [0.25, 0.3) is 0 Å². The molecule has 3 rings (SSSR count). The molecule has 1 aromatic heterocycles. The Morgan fingerprint density at radius 2 is 2.05 bits per heavy atom. The smallest absolute Gasteiger partial charge is 0.322 e. The van der Waals surface area contributed by atoms with E-state index in [1.165, 1.54) is 11.1 Å². The van der Waals surface area contributed by atoms with Gasteiger partial charge in [-0.2, -0.15) is 0 Å². The summed E-state index contributed by atoms with van der Waals surface area (Å²) >= 11 is 0. The van der Waals surface area contributed by atoms with E-state index in [4.69, 9.17) is 0 Å². The third-order valence-corrected chi connectivity index (χ3v) is 4.01. The van der Waals surface area contributed by atoms with E-state index in [1.807, 2.05) is 12.1 Å². The lowest BCUT2D eigenvalue weighted by molar-refractivity contribution is 0.162. The molecule has 1 heterocycles. The molecule has 0 aliphatic heterocycles. The fourth-order valence-electron chi connectivity index (χ4n) is 3.00. The van der Waals surface area contributed by atoms with Crippen LogP contribution >= 0.6 is 0 Å². The Balaban J connectivity index is 1.80. The lowest BCUT2D eigenvalue weighted by Gasteiger charge is -2.29. The van der Waals surface area contributed by atoms with Crippen LogP contribution in [-0.4, -0.2) is 34.2 Å². The second-order valence-electron chi connectivity index (χ2n) is 5.34. The van der Waals surface area contributed by atoms with Gasteiger partial charge in [0.1, 0.15) is 0 Å². The minimum atomic E-state index is -0.193. The number of pyridine rings is 1. The molecule has 0 spiro atoms. The van der Waals surface area contributed by atoms with Crippen LogP contribution in [0.4, 0.5) is 10.5 Å². The first-order chi connectivity index (χ1) is 10.8. The lowest BCUT2D eigenvalue weighted by atomic mass is 10.1. The largest absolute Gasteiger partial charge is 0.395 e. The average Bonchev–Trinajstić information content (AvgIpc) is 2.97. The molecule has 114 valence electrons. The van der Waals surface area contributed by atoms with Crippen LogP contribution in [0.25, 0.3) is 0 Å². The van der Waals surface area contributed by atoms with Gasteiger partial charge in [-0.15, -0.1) is 0 Å². The Labute approximate surface area is 129 Å². The first kappa shape index (κ1) is 14.5. The number of hydrogen-bond acceptors (Lipinski definition) is 3. The van der Waals surface area contributed by atoms with Gasteiger partial charge in [0.05, 0.1) is 12.6 Å². The molecule has 2 aromatic rings. The Kier molecular flexibility index (Phi) is 4.34. The Morgan fingerprint density at radius 1 is 1.27 bits per heavy atom. The molecule has 1 unspecified atom stereocenters. The number of hydrogen-bond donors (Lipinski definition) is 2. The van der Waals surface area contributed by atoms with Gasteiger partial charge in [0.2, 0.25) is 0 Å². The number of carbonyl (C=O) groups excluding carboxylic acids is 1. The SMILES string of the molecule is O=C(Nc1ccncc1)N(CCO)C1CCc2ccccc21. The number of nitrogens with one attached hydrogen (secondary N) is 1. The second-order valence-corrected chi connectivity index (χ2v) is 5.34. The van der Waals surface area contributed by atoms with Crippen LogP contribution in [-0.2, 0) is 6.42 Å². The molecule has 0 saturated carbocycles. The lowest BCUT2D eigenvalue weighted by Crippen LogP contribution is -2.39. The number of rotatable bonds is 4. The number of aryl methyl sites for hydroxylation is 1. The topological polar surface area (TPSA) is 65.5 Å². The maximum absolute atomic E-state index is 12.6. The molecule has 2 N–H and O–H groups in total. The van der Waals surface area contributed by atoms with Crippen molar-refractivity contribution in [3.63, 3.8) is 0 Å². The molecule has 2 amide bonds. The van der Waals surface area contributed by atoms with Crippen LogP contribution in [0, 0.1) is 0 Å². The number of anilines is 1. The van der Waals surface area contributed by atoms with E-state index in [0.29, 0.717) is 12.2 Å². The number of aromatic nitrogens is 1. The molecular weight excluding hydrogens is 278 g/mol. The number of aliphatic hydroxyl groups is 1. The molecule has 1 atom stereocenters. The van der Waals surface area contributed by atoms with Crippen molar-refractivity contribution in [2.45, 2.75) is 18.9 Å². The van der Waals surface area contributed by atoms with E-state index < -0.39 is 0 Å². The first-order valence-corrected chi connectivity index (χ1v) is 7.46. The third-order valence-electron chi connectivity index (χ3n) is 4.01. The standard InChI is InChI=1S/C17H19N3O2/c21-12-11-20(17(22)19-14-7-9-18-10-8-14)16-6-5-13-3-1-2-4-15(13)16/h1-4,7-10,16,21H,5-6,11-12H2,(H,18,19,22). The summed E-state index contributed by atoms with van der Waals surface area (Å²) in [5.74, 6) is 0. The highest BCUT2D eigenvalue weighted by atomic mass is 16.3. The molecule has 0 fully saturated rings. The van der Waals surface area contributed by atoms with Gasteiger partial charge < -0.3 is 15.3 Å². The van der Waals surface area contributed by atoms with Crippen LogP contribution in [0.1, 0.15) is 23.6 Å². The number of benzene rings is 1. The van der Waals surface area contributed by atoms with Crippen molar-refractivity contribution in [2.75, 3.05) is 18.5 Å². The fraction of sp³-hybridized carbons (Fsp3) is 0.294. The van der Waals surface area contributed by atoms with Crippen molar-refractivity contribution in [1.29, 1.82) is 0 Å². The van der Waals surface area contributed by atoms with Gasteiger partial charge in [-0.25, -0.2) is 4.79 Å². The van der Waals surface area contributed by atoms with E-state index in [0.717, 1.165) is 12.8 Å². The van der Waals surface area contributed by atoms with Crippen molar-refractivity contribution in [3.8, 4) is 0 Å². The molecule has 5 nitrogen and oxygen atoms in total. The van der Waals surface area contributed by atoms with E-state index in [1.54, 1.807) is 29.4 Å². The molecule has 1 aliphatic carbocycles. The summed E-state index contributed by atoms with van der Waals surface area (Å²) < 4.78 is 0. The van der Waals surface area contributed by atoms with E-state index in [-0.39, 0.29) is 18.7 Å². The van der Waals surface area contributed by atoms with Crippen molar-refractivity contribution < 1.29 is 9.90 Å². The van der Waals surface area contributed by atoms with Crippen LogP contribution in [0.15, 0.2) is 48.8 Å². The zero-order valence-corrected chi connectivity index (χ0v) is 12.3. The minimum absolute atomic E-state index is 0.0187. The quantitative estimate of drug-likeness (QED) is 0.911. The molecular formula is C17H19N3O2. The van der Waals surface area contributed by atoms with Crippen LogP contribution in [0.3, 0.4) is 0 Å². The number of carbonyl (C=O) groups is 1. The van der Waals surface area contributed by atoms with Crippen molar-refractivity contribution in [2.24, 2.45) is 0 Å². The van der Waals surface area contributed by atoms with Gasteiger partial charge in [-0.3, -0.25) is 4.98 Å². The summed E-state index contributed by atoms with van der Waals surface area (Å²) in [6.45, 7) is 0.262. The van der Waals surface area contributed by atoms with E-state index >= 15 is 0 Å². The maximum atomic E-state index is 12.6.